The quantitative estimate of drug-likeness (QED) is 0.336. The van der Waals surface area contributed by atoms with Crippen LogP contribution in [0.3, 0.4) is 0 Å². The zero-order valence-corrected chi connectivity index (χ0v) is 14.9. The van der Waals surface area contributed by atoms with Crippen molar-refractivity contribution in [1.82, 2.24) is 9.78 Å². The highest BCUT2D eigenvalue weighted by molar-refractivity contribution is 6.30. The Kier molecular flexibility index (Phi) is 4.44. The normalized spacial score (nSPS) is 10.7. The number of halogens is 1. The van der Waals surface area contributed by atoms with Crippen LogP contribution in [-0.2, 0) is 0 Å². The Morgan fingerprint density at radius 3 is 2.11 bits per heavy atom. The fourth-order valence-corrected chi connectivity index (χ4v) is 3.01. The fourth-order valence-electron chi connectivity index (χ4n) is 2.88. The molecule has 0 fully saturated rings. The Labute approximate surface area is 160 Å². The van der Waals surface area contributed by atoms with Gasteiger partial charge in [-0.05, 0) is 42.0 Å². The predicted octanol–water partition coefficient (Wildman–Crippen LogP) is 5.77. The molecule has 1 aromatic heterocycles. The van der Waals surface area contributed by atoms with E-state index in [2.05, 4.69) is 0 Å². The lowest BCUT2D eigenvalue weighted by Crippen LogP contribution is -1.93. The minimum absolute atomic E-state index is 0.0576. The molecule has 6 heteroatoms. The summed E-state index contributed by atoms with van der Waals surface area (Å²) < 4.78 is 1.81. The van der Waals surface area contributed by atoms with Crippen molar-refractivity contribution in [1.29, 1.82) is 0 Å². The first-order chi connectivity index (χ1) is 13.1. The summed E-state index contributed by atoms with van der Waals surface area (Å²) in [5.41, 5.74) is 4.43. The molecule has 0 bridgehead atoms. The molecular formula is C21H14ClN3O2. The van der Waals surface area contributed by atoms with Gasteiger partial charge in [0.15, 0.2) is 0 Å². The number of benzene rings is 3. The standard InChI is InChI=1S/C21H14ClN3O2/c22-17-10-6-16(7-11-17)21-20(15-8-12-19(13-9-15)25(26)27)14-24(23-21)18-4-2-1-3-5-18/h1-14H. The smallest absolute Gasteiger partial charge is 0.258 e. The molecule has 132 valence electrons. The summed E-state index contributed by atoms with van der Waals surface area (Å²) in [5.74, 6) is 0. The zero-order chi connectivity index (χ0) is 18.8. The van der Waals surface area contributed by atoms with Gasteiger partial charge in [0.25, 0.3) is 5.69 Å². The van der Waals surface area contributed by atoms with Crippen LogP contribution in [0.25, 0.3) is 28.1 Å². The van der Waals surface area contributed by atoms with Gasteiger partial charge < -0.3 is 0 Å². The molecule has 1 heterocycles. The Morgan fingerprint density at radius 2 is 1.48 bits per heavy atom. The van der Waals surface area contributed by atoms with Crippen molar-refractivity contribution < 1.29 is 4.92 Å². The van der Waals surface area contributed by atoms with Gasteiger partial charge in [-0.25, -0.2) is 4.68 Å². The lowest BCUT2D eigenvalue weighted by Gasteiger charge is -2.03. The lowest BCUT2D eigenvalue weighted by atomic mass is 10.0. The van der Waals surface area contributed by atoms with Crippen molar-refractivity contribution in [3.8, 4) is 28.1 Å². The van der Waals surface area contributed by atoms with Crippen LogP contribution >= 0.6 is 11.6 Å². The largest absolute Gasteiger partial charge is 0.269 e. The number of para-hydroxylation sites is 1. The molecule has 0 spiro atoms. The number of nitro benzene ring substituents is 1. The minimum Gasteiger partial charge on any atom is -0.258 e. The second-order valence-corrected chi connectivity index (χ2v) is 6.42. The molecule has 0 amide bonds. The molecule has 0 atom stereocenters. The maximum absolute atomic E-state index is 10.9. The van der Waals surface area contributed by atoms with Crippen molar-refractivity contribution in [2.45, 2.75) is 0 Å². The zero-order valence-electron chi connectivity index (χ0n) is 14.1. The molecule has 0 unspecified atom stereocenters. The first-order valence-corrected chi connectivity index (χ1v) is 8.65. The lowest BCUT2D eigenvalue weighted by molar-refractivity contribution is -0.384. The van der Waals surface area contributed by atoms with Crippen molar-refractivity contribution in [2.75, 3.05) is 0 Å². The van der Waals surface area contributed by atoms with Gasteiger partial charge in [0.2, 0.25) is 0 Å². The molecule has 0 saturated heterocycles. The molecule has 0 N–H and O–H groups in total. The number of hydrogen-bond donors (Lipinski definition) is 0. The number of hydrogen-bond acceptors (Lipinski definition) is 3. The van der Waals surface area contributed by atoms with E-state index in [-0.39, 0.29) is 5.69 Å². The number of nitrogens with zero attached hydrogens (tertiary/aromatic N) is 3. The van der Waals surface area contributed by atoms with Crippen LogP contribution in [-0.4, -0.2) is 14.7 Å². The second-order valence-electron chi connectivity index (χ2n) is 5.98. The molecule has 0 aliphatic rings. The number of rotatable bonds is 4. The van der Waals surface area contributed by atoms with E-state index in [9.17, 15) is 10.1 Å². The molecule has 4 aromatic rings. The molecule has 0 aliphatic heterocycles. The Morgan fingerprint density at radius 1 is 0.852 bits per heavy atom. The van der Waals surface area contributed by atoms with Crippen LogP contribution in [0.1, 0.15) is 0 Å². The van der Waals surface area contributed by atoms with Crippen LogP contribution in [0.5, 0.6) is 0 Å². The van der Waals surface area contributed by atoms with Gasteiger partial charge in [-0.1, -0.05) is 41.9 Å². The molecule has 27 heavy (non-hydrogen) atoms. The Hall–Kier alpha value is -3.44. The summed E-state index contributed by atoms with van der Waals surface area (Å²) >= 11 is 6.01. The van der Waals surface area contributed by atoms with Crippen molar-refractivity contribution in [2.24, 2.45) is 0 Å². The van der Waals surface area contributed by atoms with E-state index in [4.69, 9.17) is 16.7 Å². The average molecular weight is 376 g/mol. The second kappa shape index (κ2) is 7.05. The van der Waals surface area contributed by atoms with Gasteiger partial charge in [0.05, 0.1) is 10.6 Å². The first kappa shape index (κ1) is 17.0. The van der Waals surface area contributed by atoms with Gasteiger partial charge in [-0.2, -0.15) is 5.10 Å². The van der Waals surface area contributed by atoms with E-state index < -0.39 is 4.92 Å². The van der Waals surface area contributed by atoms with Gasteiger partial charge in [0, 0.05) is 34.5 Å². The third-order valence-corrected chi connectivity index (χ3v) is 4.49. The van der Waals surface area contributed by atoms with Crippen LogP contribution in [0.2, 0.25) is 5.02 Å². The van der Waals surface area contributed by atoms with Gasteiger partial charge in [-0.3, -0.25) is 10.1 Å². The monoisotopic (exact) mass is 375 g/mol. The van der Waals surface area contributed by atoms with Crippen LogP contribution in [0.4, 0.5) is 5.69 Å². The van der Waals surface area contributed by atoms with E-state index in [1.54, 1.807) is 16.8 Å². The highest BCUT2D eigenvalue weighted by Gasteiger charge is 2.15. The molecule has 0 saturated carbocycles. The topological polar surface area (TPSA) is 61.0 Å². The summed E-state index contributed by atoms with van der Waals surface area (Å²) in [6.45, 7) is 0. The van der Waals surface area contributed by atoms with Crippen molar-refractivity contribution >= 4 is 17.3 Å². The SMILES string of the molecule is O=[N+]([O-])c1ccc(-c2cn(-c3ccccc3)nc2-c2ccc(Cl)cc2)cc1. The molecule has 4 rings (SSSR count). The third kappa shape index (κ3) is 3.45. The number of nitro groups is 1. The molecular weight excluding hydrogens is 362 g/mol. The van der Waals surface area contributed by atoms with Gasteiger partial charge >= 0.3 is 0 Å². The molecule has 5 nitrogen and oxygen atoms in total. The fraction of sp³-hybridized carbons (Fsp3) is 0. The van der Waals surface area contributed by atoms with Crippen LogP contribution in [0, 0.1) is 10.1 Å². The highest BCUT2D eigenvalue weighted by atomic mass is 35.5. The van der Waals surface area contributed by atoms with Gasteiger partial charge in [0.1, 0.15) is 5.69 Å². The highest BCUT2D eigenvalue weighted by Crippen LogP contribution is 2.33. The Bertz CT molecular complexity index is 1090. The molecule has 0 radical (unpaired) electrons. The van der Waals surface area contributed by atoms with E-state index in [0.717, 1.165) is 28.1 Å². The summed E-state index contributed by atoms with van der Waals surface area (Å²) in [4.78, 5) is 10.5. The molecule has 0 aliphatic carbocycles. The molecule has 3 aromatic carbocycles. The van der Waals surface area contributed by atoms with E-state index in [0.29, 0.717) is 5.02 Å². The Balaban J connectivity index is 1.86. The maximum Gasteiger partial charge on any atom is 0.269 e. The van der Waals surface area contributed by atoms with Crippen LogP contribution < -0.4 is 0 Å². The summed E-state index contributed by atoms with van der Waals surface area (Å²) in [7, 11) is 0. The summed E-state index contributed by atoms with van der Waals surface area (Å²) in [6, 6.07) is 23.7. The van der Waals surface area contributed by atoms with Gasteiger partial charge in [-0.15, -0.1) is 0 Å². The third-order valence-electron chi connectivity index (χ3n) is 4.24. The van der Waals surface area contributed by atoms with Crippen molar-refractivity contribution in [3.63, 3.8) is 0 Å². The summed E-state index contributed by atoms with van der Waals surface area (Å²) in [5, 5.41) is 16.3. The van der Waals surface area contributed by atoms with Crippen LogP contribution in [0.15, 0.2) is 85.1 Å². The minimum atomic E-state index is -0.405. The van der Waals surface area contributed by atoms with E-state index in [1.165, 1.54) is 12.1 Å². The number of non-ortho nitro benzene ring substituents is 1. The summed E-state index contributed by atoms with van der Waals surface area (Å²) in [6.07, 6.45) is 1.93. The predicted molar refractivity (Wildman–Crippen MR) is 106 cm³/mol. The average Bonchev–Trinajstić information content (AvgIpc) is 3.15. The van der Waals surface area contributed by atoms with E-state index >= 15 is 0 Å². The number of aromatic nitrogens is 2. The van der Waals surface area contributed by atoms with Crippen molar-refractivity contribution in [3.05, 3.63) is 100 Å². The van der Waals surface area contributed by atoms with E-state index in [1.807, 2.05) is 60.8 Å². The first-order valence-electron chi connectivity index (χ1n) is 8.28. The maximum atomic E-state index is 10.9.